The zero-order chi connectivity index (χ0) is 22.3. The first kappa shape index (κ1) is 21.9. The summed E-state index contributed by atoms with van der Waals surface area (Å²) in [4.78, 5) is 0. The number of hydrogen-bond acceptors (Lipinski definition) is 5. The molecule has 0 bridgehead atoms. The normalized spacial score (nSPS) is 26.9. The second-order valence-electron chi connectivity index (χ2n) is 9.01. The first-order chi connectivity index (χ1) is 14.7. The smallest absolute Gasteiger partial charge is 0.113 e. The van der Waals surface area contributed by atoms with Gasteiger partial charge in [0, 0.05) is 5.41 Å². The van der Waals surface area contributed by atoms with Gasteiger partial charge >= 0.3 is 0 Å². The van der Waals surface area contributed by atoms with E-state index in [2.05, 4.69) is 45.0 Å². The quantitative estimate of drug-likeness (QED) is 0.519. The Morgan fingerprint density at radius 3 is 2.10 bits per heavy atom. The third-order valence-electron chi connectivity index (χ3n) is 6.61. The zero-order valence-corrected chi connectivity index (χ0v) is 18.1. The summed E-state index contributed by atoms with van der Waals surface area (Å²) in [6, 6.07) is 20.5. The van der Waals surface area contributed by atoms with Gasteiger partial charge in [0.1, 0.15) is 30.5 Å². The molecule has 1 fully saturated rings. The Hall–Kier alpha value is -2.28. The van der Waals surface area contributed by atoms with E-state index in [9.17, 15) is 20.4 Å². The fraction of sp³-hybridized carbons (Fsp3) is 0.385. The van der Waals surface area contributed by atoms with Crippen LogP contribution in [0.1, 0.15) is 42.2 Å². The van der Waals surface area contributed by atoms with Gasteiger partial charge < -0.3 is 25.2 Å². The minimum absolute atomic E-state index is 0.314. The number of rotatable bonds is 4. The van der Waals surface area contributed by atoms with E-state index >= 15 is 0 Å². The number of fused-ring (bicyclic) bond motifs is 1. The number of aliphatic hydroxyl groups is 4. The van der Waals surface area contributed by atoms with Gasteiger partial charge in [-0.25, -0.2) is 0 Å². The summed E-state index contributed by atoms with van der Waals surface area (Å²) < 4.78 is 5.78. The Labute approximate surface area is 182 Å². The third-order valence-corrected chi connectivity index (χ3v) is 6.61. The Morgan fingerprint density at radius 1 is 0.839 bits per heavy atom. The number of benzene rings is 1. The van der Waals surface area contributed by atoms with Crippen molar-refractivity contribution in [3.05, 3.63) is 82.9 Å². The highest BCUT2D eigenvalue weighted by Crippen LogP contribution is 2.41. The van der Waals surface area contributed by atoms with E-state index < -0.39 is 37.1 Å². The van der Waals surface area contributed by atoms with Crippen LogP contribution in [0.2, 0.25) is 0 Å². The van der Waals surface area contributed by atoms with Crippen molar-refractivity contribution >= 4 is 0 Å². The van der Waals surface area contributed by atoms with E-state index in [0.29, 0.717) is 5.56 Å². The molecule has 0 unspecified atom stereocenters. The van der Waals surface area contributed by atoms with Gasteiger partial charge in [-0.1, -0.05) is 74.5 Å². The van der Waals surface area contributed by atoms with Gasteiger partial charge in [-0.15, -0.1) is 0 Å². The molecule has 1 aromatic rings. The largest absolute Gasteiger partial charge is 0.394 e. The Balaban J connectivity index is 1.74. The molecule has 1 aliphatic heterocycles. The van der Waals surface area contributed by atoms with E-state index in [4.69, 9.17) is 4.74 Å². The molecule has 0 saturated carbocycles. The van der Waals surface area contributed by atoms with Crippen molar-refractivity contribution in [1.29, 1.82) is 0 Å². The van der Waals surface area contributed by atoms with Crippen LogP contribution in [0.15, 0.2) is 60.7 Å². The number of aliphatic hydroxyl groups excluding tert-OH is 4. The first-order valence-electron chi connectivity index (χ1n) is 10.6. The molecule has 1 aromatic carbocycles. The molecular weight excluding hydrogens is 392 g/mol. The van der Waals surface area contributed by atoms with Crippen LogP contribution in [-0.2, 0) is 10.2 Å². The summed E-state index contributed by atoms with van der Waals surface area (Å²) in [7, 11) is 0. The predicted octanol–water partition coefficient (Wildman–Crippen LogP) is 2.94. The van der Waals surface area contributed by atoms with Crippen molar-refractivity contribution in [2.45, 2.75) is 56.7 Å². The molecule has 4 rings (SSSR count). The van der Waals surface area contributed by atoms with Crippen molar-refractivity contribution < 1.29 is 25.2 Å². The van der Waals surface area contributed by atoms with Crippen molar-refractivity contribution in [2.75, 3.05) is 6.61 Å². The van der Waals surface area contributed by atoms with Crippen molar-refractivity contribution in [3.8, 4) is 11.1 Å². The molecule has 1 saturated heterocycles. The van der Waals surface area contributed by atoms with E-state index in [-0.39, 0.29) is 5.41 Å². The third kappa shape index (κ3) is 3.88. The van der Waals surface area contributed by atoms with Crippen LogP contribution in [0.3, 0.4) is 0 Å². The van der Waals surface area contributed by atoms with Crippen molar-refractivity contribution in [1.82, 2.24) is 0 Å². The molecule has 5 nitrogen and oxygen atoms in total. The number of aryl methyl sites for hydroxylation is 1. The maximum absolute atomic E-state index is 10.6. The second-order valence-corrected chi connectivity index (χ2v) is 9.01. The molecule has 0 aromatic heterocycles. The molecule has 3 aliphatic rings. The maximum Gasteiger partial charge on any atom is 0.113 e. The van der Waals surface area contributed by atoms with Gasteiger partial charge in [-0.05, 0) is 40.3 Å². The van der Waals surface area contributed by atoms with E-state index in [1.165, 1.54) is 16.7 Å². The lowest BCUT2D eigenvalue weighted by molar-refractivity contribution is -0.231. The summed E-state index contributed by atoms with van der Waals surface area (Å²) >= 11 is 0. The second kappa shape index (κ2) is 8.34. The SMILES string of the molecule is Cc1ccc([C@@H]2O[C@H](CO)[C@@H](O)[C@H](O)[C@H]2O)cc1C(C)(C)c1cc2cccccc-2c1. The van der Waals surface area contributed by atoms with Crippen molar-refractivity contribution in [2.24, 2.45) is 0 Å². The molecule has 0 amide bonds. The summed E-state index contributed by atoms with van der Waals surface area (Å²) in [6.07, 6.45) is -5.82. The zero-order valence-electron chi connectivity index (χ0n) is 18.1. The van der Waals surface area contributed by atoms with Crippen LogP contribution >= 0.6 is 0 Å². The summed E-state index contributed by atoms with van der Waals surface area (Å²) in [6.45, 7) is 5.95. The van der Waals surface area contributed by atoms with Gasteiger partial charge in [0.2, 0.25) is 0 Å². The predicted molar refractivity (Wildman–Crippen MR) is 119 cm³/mol. The maximum atomic E-state index is 10.6. The molecule has 31 heavy (non-hydrogen) atoms. The molecule has 4 N–H and O–H groups in total. The van der Waals surface area contributed by atoms with Crippen LogP contribution in [-0.4, -0.2) is 51.4 Å². The Morgan fingerprint density at radius 2 is 1.48 bits per heavy atom. The van der Waals surface area contributed by atoms with E-state index in [1.54, 1.807) is 0 Å². The van der Waals surface area contributed by atoms with Crippen LogP contribution < -0.4 is 0 Å². The van der Waals surface area contributed by atoms with Gasteiger partial charge in [0.15, 0.2) is 0 Å². The number of hydrogen-bond donors (Lipinski definition) is 4. The van der Waals surface area contributed by atoms with E-state index in [1.807, 2.05) is 36.4 Å². The van der Waals surface area contributed by atoms with Gasteiger partial charge in [-0.2, -0.15) is 0 Å². The lowest BCUT2D eigenvalue weighted by atomic mass is 9.76. The lowest BCUT2D eigenvalue weighted by Gasteiger charge is -2.40. The molecule has 5 atom stereocenters. The molecule has 0 spiro atoms. The van der Waals surface area contributed by atoms with Crippen LogP contribution in [0.4, 0.5) is 0 Å². The molecule has 164 valence electrons. The highest BCUT2D eigenvalue weighted by molar-refractivity contribution is 5.69. The number of ether oxygens (including phenoxy) is 1. The minimum Gasteiger partial charge on any atom is -0.394 e. The lowest BCUT2D eigenvalue weighted by Crippen LogP contribution is -2.55. The first-order valence-corrected chi connectivity index (χ1v) is 10.6. The van der Waals surface area contributed by atoms with Crippen LogP contribution in [0.25, 0.3) is 11.1 Å². The van der Waals surface area contributed by atoms with Crippen molar-refractivity contribution in [3.63, 3.8) is 0 Å². The Kier molecular flexibility index (Phi) is 5.90. The monoisotopic (exact) mass is 422 g/mol. The minimum atomic E-state index is -1.39. The summed E-state index contributed by atoms with van der Waals surface area (Å²) in [5.41, 5.74) is 6.12. The molecule has 5 heteroatoms. The van der Waals surface area contributed by atoms with Crippen LogP contribution in [0.5, 0.6) is 0 Å². The van der Waals surface area contributed by atoms with Gasteiger partial charge in [0.05, 0.1) is 6.61 Å². The van der Waals surface area contributed by atoms with Gasteiger partial charge in [-0.3, -0.25) is 0 Å². The fourth-order valence-electron chi connectivity index (χ4n) is 4.60. The summed E-state index contributed by atoms with van der Waals surface area (Å²) in [5, 5.41) is 40.4. The molecular formula is C26H30O5. The molecule has 0 radical (unpaired) electrons. The Bertz CT molecular complexity index is 997. The fourth-order valence-corrected chi connectivity index (χ4v) is 4.60. The van der Waals surface area contributed by atoms with E-state index in [0.717, 1.165) is 11.1 Å². The standard InChI is InChI=1S/C26H30O5/c1-15-9-10-18(25-24(30)23(29)22(28)21(14-27)31-25)13-20(15)26(2,3)19-11-16-7-5-4-6-8-17(16)12-19/h4-13,21-25,27-30H,14H2,1-3H3/t21-,22-,23+,24-,25+/m1/s1. The molecule has 2 aliphatic carbocycles. The highest BCUT2D eigenvalue weighted by atomic mass is 16.5. The topological polar surface area (TPSA) is 90.2 Å². The van der Waals surface area contributed by atoms with Crippen LogP contribution in [0, 0.1) is 6.92 Å². The average Bonchev–Trinajstić information content (AvgIpc) is 3.04. The highest BCUT2D eigenvalue weighted by Gasteiger charge is 2.44. The summed E-state index contributed by atoms with van der Waals surface area (Å²) in [5.74, 6) is 0. The average molecular weight is 423 g/mol. The van der Waals surface area contributed by atoms with Gasteiger partial charge in [0.25, 0.3) is 0 Å². The molecule has 1 heterocycles.